The molecule has 1 aromatic carbocycles. The summed E-state index contributed by atoms with van der Waals surface area (Å²) in [5, 5.41) is 4.81. The molecule has 4 amide bonds. The number of nitrogens with one attached hydrogen (secondary N) is 3. The third-order valence-electron chi connectivity index (χ3n) is 8.69. The number of fused-ring (bicyclic) bond motifs is 2. The molecule has 1 saturated carbocycles. The standard InChI is InChI=1S/C29H35F4N5O5/c1-12-7-13-8-14(23(40)35-17(13)10-16(12)30)9-18(22(34)39)36-24(41)20-19-15(28(19,5)6)11-38(20)25(42)21(27(2,3)4)37-26(43)29(31,32)33/h7-8,10,15,18-21H,9,11H2,1-6H3,(H2,34,39)(H,35,40)(H,36,41)(H,37,43)/t15-,18-,19-,20-,21+/m0/s1. The molecule has 1 aliphatic carbocycles. The minimum Gasteiger partial charge on any atom is -0.368 e. The molecule has 2 aliphatic rings. The predicted molar refractivity (Wildman–Crippen MR) is 148 cm³/mol. The maximum atomic E-state index is 14.0. The van der Waals surface area contributed by atoms with Gasteiger partial charge in [0.2, 0.25) is 17.7 Å². The van der Waals surface area contributed by atoms with Gasteiger partial charge < -0.3 is 26.3 Å². The molecule has 2 aromatic rings. The molecule has 0 radical (unpaired) electrons. The van der Waals surface area contributed by atoms with E-state index in [2.05, 4.69) is 10.3 Å². The van der Waals surface area contributed by atoms with E-state index < -0.39 is 64.7 Å². The Labute approximate surface area is 244 Å². The Balaban J connectivity index is 1.61. The number of rotatable bonds is 7. The summed E-state index contributed by atoms with van der Waals surface area (Å²) in [6, 6.07) is 0.00342. The van der Waals surface area contributed by atoms with E-state index >= 15 is 0 Å². The molecule has 1 saturated heterocycles. The van der Waals surface area contributed by atoms with E-state index in [1.807, 2.05) is 13.8 Å². The third-order valence-corrected chi connectivity index (χ3v) is 8.69. The number of hydrogen-bond acceptors (Lipinski definition) is 5. The summed E-state index contributed by atoms with van der Waals surface area (Å²) in [4.78, 5) is 68.0. The number of H-pyrrole nitrogens is 1. The molecule has 0 spiro atoms. The number of hydrogen-bond donors (Lipinski definition) is 4. The average molecular weight is 610 g/mol. The van der Waals surface area contributed by atoms with Gasteiger partial charge >= 0.3 is 12.1 Å². The largest absolute Gasteiger partial charge is 0.471 e. The Hall–Kier alpha value is -3.97. The highest BCUT2D eigenvalue weighted by atomic mass is 19.4. The van der Waals surface area contributed by atoms with Crippen LogP contribution in [-0.2, 0) is 25.6 Å². The second-order valence-electron chi connectivity index (χ2n) is 13.1. The van der Waals surface area contributed by atoms with Crippen molar-refractivity contribution in [2.45, 2.75) is 72.3 Å². The summed E-state index contributed by atoms with van der Waals surface area (Å²) in [5.74, 6) is -5.90. The second kappa shape index (κ2) is 10.6. The van der Waals surface area contributed by atoms with Crippen molar-refractivity contribution >= 4 is 34.5 Å². The predicted octanol–water partition coefficient (Wildman–Crippen LogP) is 2.06. The van der Waals surface area contributed by atoms with Crippen molar-refractivity contribution in [3.05, 3.63) is 45.5 Å². The molecule has 2 heterocycles. The van der Waals surface area contributed by atoms with Gasteiger partial charge in [0.25, 0.3) is 5.56 Å². The Morgan fingerprint density at radius 1 is 1.12 bits per heavy atom. The SMILES string of the molecule is Cc1cc2cc(C[C@H](NC(=O)[C@@H]3[C@@H]4[C@H](CN3C(=O)[C@@H](NC(=O)C(F)(F)F)C(C)(C)C)C4(C)C)C(N)=O)c(=O)[nH]c2cc1F. The highest BCUT2D eigenvalue weighted by molar-refractivity contribution is 5.96. The zero-order valence-corrected chi connectivity index (χ0v) is 24.6. The van der Waals surface area contributed by atoms with Crippen LogP contribution in [0.1, 0.15) is 45.7 Å². The molecule has 1 aromatic heterocycles. The molecule has 5 atom stereocenters. The number of carbonyl (C=O) groups is 4. The first kappa shape index (κ1) is 32.0. The lowest BCUT2D eigenvalue weighted by Crippen LogP contribution is -2.61. The van der Waals surface area contributed by atoms with E-state index in [0.29, 0.717) is 10.9 Å². The molecular formula is C29H35F4N5O5. The fourth-order valence-electron chi connectivity index (χ4n) is 6.08. The number of carbonyl (C=O) groups excluding carboxylic acids is 4. The van der Waals surface area contributed by atoms with Crippen LogP contribution in [0.5, 0.6) is 0 Å². The normalized spacial score (nSPS) is 22.5. The maximum Gasteiger partial charge on any atom is 0.471 e. The molecule has 0 unspecified atom stereocenters. The van der Waals surface area contributed by atoms with Crippen molar-refractivity contribution in [2.24, 2.45) is 28.4 Å². The first-order valence-corrected chi connectivity index (χ1v) is 13.7. The molecule has 2 fully saturated rings. The lowest BCUT2D eigenvalue weighted by Gasteiger charge is -2.38. The van der Waals surface area contributed by atoms with E-state index in [9.17, 15) is 41.5 Å². The summed E-state index contributed by atoms with van der Waals surface area (Å²) >= 11 is 0. The zero-order chi connectivity index (χ0) is 32.4. The van der Waals surface area contributed by atoms with Crippen LogP contribution in [0.2, 0.25) is 0 Å². The van der Waals surface area contributed by atoms with E-state index in [0.717, 1.165) is 4.90 Å². The van der Waals surface area contributed by atoms with Gasteiger partial charge in [-0.05, 0) is 58.7 Å². The number of nitrogens with zero attached hydrogens (tertiary/aromatic N) is 1. The Morgan fingerprint density at radius 3 is 2.30 bits per heavy atom. The first-order valence-electron chi connectivity index (χ1n) is 13.7. The summed E-state index contributed by atoms with van der Waals surface area (Å²) in [6.07, 6.45) is -5.54. The first-order chi connectivity index (χ1) is 19.6. The number of amides is 4. The minimum atomic E-state index is -5.22. The number of aromatic nitrogens is 1. The van der Waals surface area contributed by atoms with Gasteiger partial charge in [-0.3, -0.25) is 24.0 Å². The lowest BCUT2D eigenvalue weighted by atomic mass is 9.85. The summed E-state index contributed by atoms with van der Waals surface area (Å²) in [5.41, 5.74) is 4.10. The van der Waals surface area contributed by atoms with Gasteiger partial charge in [-0.2, -0.15) is 13.2 Å². The van der Waals surface area contributed by atoms with E-state index in [4.69, 9.17) is 5.73 Å². The minimum absolute atomic E-state index is 0.0601. The fraction of sp³-hybridized carbons (Fsp3) is 0.552. The van der Waals surface area contributed by atoms with Crippen LogP contribution in [0.25, 0.3) is 10.9 Å². The Kier molecular flexibility index (Phi) is 7.90. The Bertz CT molecular complexity index is 1560. The van der Waals surface area contributed by atoms with Gasteiger partial charge in [0.15, 0.2) is 0 Å². The van der Waals surface area contributed by atoms with Crippen molar-refractivity contribution in [3.63, 3.8) is 0 Å². The molecule has 0 bridgehead atoms. The van der Waals surface area contributed by atoms with Crippen molar-refractivity contribution in [1.29, 1.82) is 0 Å². The molecule has 14 heteroatoms. The van der Waals surface area contributed by atoms with Gasteiger partial charge in [0, 0.05) is 18.5 Å². The van der Waals surface area contributed by atoms with Crippen molar-refractivity contribution in [2.75, 3.05) is 6.54 Å². The van der Waals surface area contributed by atoms with Crippen molar-refractivity contribution in [1.82, 2.24) is 20.5 Å². The van der Waals surface area contributed by atoms with E-state index in [1.165, 1.54) is 39.0 Å². The van der Waals surface area contributed by atoms with Crippen LogP contribution in [0.15, 0.2) is 23.0 Å². The second-order valence-corrected chi connectivity index (χ2v) is 13.1. The number of alkyl halides is 3. The molecule has 4 rings (SSSR count). The number of primary amides is 1. The molecular weight excluding hydrogens is 574 g/mol. The number of pyridine rings is 1. The molecule has 5 N–H and O–H groups in total. The number of nitrogens with two attached hydrogens (primary N) is 1. The average Bonchev–Trinajstić information content (AvgIpc) is 3.19. The van der Waals surface area contributed by atoms with Gasteiger partial charge in [0.05, 0.1) is 5.52 Å². The number of aromatic amines is 1. The third kappa shape index (κ3) is 6.09. The number of halogens is 4. The molecule has 10 nitrogen and oxygen atoms in total. The van der Waals surface area contributed by atoms with Crippen LogP contribution in [0.3, 0.4) is 0 Å². The van der Waals surface area contributed by atoms with Crippen LogP contribution in [0.4, 0.5) is 17.6 Å². The number of benzene rings is 1. The summed E-state index contributed by atoms with van der Waals surface area (Å²) in [7, 11) is 0. The fourth-order valence-corrected chi connectivity index (χ4v) is 6.08. The van der Waals surface area contributed by atoms with Crippen LogP contribution >= 0.6 is 0 Å². The summed E-state index contributed by atoms with van der Waals surface area (Å²) < 4.78 is 53.2. The highest BCUT2D eigenvalue weighted by Gasteiger charge is 2.70. The Morgan fingerprint density at radius 2 is 1.74 bits per heavy atom. The zero-order valence-electron chi connectivity index (χ0n) is 24.6. The molecule has 1 aliphatic heterocycles. The van der Waals surface area contributed by atoms with Crippen LogP contribution < -0.4 is 21.9 Å². The molecule has 43 heavy (non-hydrogen) atoms. The highest BCUT2D eigenvalue weighted by Crippen LogP contribution is 2.65. The van der Waals surface area contributed by atoms with E-state index in [1.54, 1.807) is 12.2 Å². The number of aryl methyl sites for hydroxylation is 1. The topological polar surface area (TPSA) is 154 Å². The van der Waals surface area contributed by atoms with E-state index in [-0.39, 0.29) is 41.3 Å². The van der Waals surface area contributed by atoms with Crippen LogP contribution in [-0.4, -0.2) is 64.4 Å². The number of piperidine rings is 1. The van der Waals surface area contributed by atoms with Gasteiger partial charge in [0.1, 0.15) is 23.9 Å². The van der Waals surface area contributed by atoms with Gasteiger partial charge in [-0.25, -0.2) is 4.39 Å². The van der Waals surface area contributed by atoms with Gasteiger partial charge in [-0.15, -0.1) is 0 Å². The lowest BCUT2D eigenvalue weighted by molar-refractivity contribution is -0.176. The molecule has 234 valence electrons. The maximum absolute atomic E-state index is 14.0. The monoisotopic (exact) mass is 609 g/mol. The van der Waals surface area contributed by atoms with Crippen LogP contribution in [0, 0.1) is 35.4 Å². The smallest absolute Gasteiger partial charge is 0.368 e. The summed E-state index contributed by atoms with van der Waals surface area (Å²) in [6.45, 7) is 9.85. The quantitative estimate of drug-likeness (QED) is 0.354. The van der Waals surface area contributed by atoms with Gasteiger partial charge in [-0.1, -0.05) is 34.6 Å². The number of likely N-dealkylation sites (tertiary alicyclic amines) is 1. The van der Waals surface area contributed by atoms with Crippen molar-refractivity contribution < 1.29 is 36.7 Å². The van der Waals surface area contributed by atoms with Crippen molar-refractivity contribution in [3.8, 4) is 0 Å².